The van der Waals surface area contributed by atoms with E-state index in [1.165, 1.54) is 24.3 Å². The zero-order valence-electron chi connectivity index (χ0n) is 11.4. The van der Waals surface area contributed by atoms with Gasteiger partial charge in [0.2, 0.25) is 0 Å². The van der Waals surface area contributed by atoms with Gasteiger partial charge >= 0.3 is 6.36 Å². The van der Waals surface area contributed by atoms with E-state index in [1.54, 1.807) is 18.2 Å². The number of allylic oxidation sites excluding steroid dienone is 1. The number of hydrogen-bond donors (Lipinski definition) is 0. The molecule has 0 saturated heterocycles. The number of fused-ring (bicyclic) bond motifs is 1. The molecule has 0 radical (unpaired) electrons. The van der Waals surface area contributed by atoms with Gasteiger partial charge in [-0.1, -0.05) is 42.5 Å². The summed E-state index contributed by atoms with van der Waals surface area (Å²) < 4.78 is 41.2. The first kappa shape index (κ1) is 14.4. The molecule has 3 rings (SSSR count). The minimum absolute atomic E-state index is 0.155. The van der Waals surface area contributed by atoms with Crippen molar-refractivity contribution in [3.63, 3.8) is 0 Å². The van der Waals surface area contributed by atoms with Crippen molar-refractivity contribution < 1.29 is 22.7 Å². The normalized spacial score (nSPS) is 16.0. The summed E-state index contributed by atoms with van der Waals surface area (Å²) >= 11 is 0. The molecule has 2 aromatic carbocycles. The van der Waals surface area contributed by atoms with Crippen LogP contribution in [0.25, 0.3) is 6.08 Å². The lowest BCUT2D eigenvalue weighted by atomic mass is 10.1. The van der Waals surface area contributed by atoms with Crippen molar-refractivity contribution in [2.75, 3.05) is 0 Å². The Bertz CT molecular complexity index is 760. The van der Waals surface area contributed by atoms with Gasteiger partial charge in [0.1, 0.15) is 5.75 Å². The molecule has 2 aromatic rings. The molecule has 0 bridgehead atoms. The van der Waals surface area contributed by atoms with E-state index in [2.05, 4.69) is 4.74 Å². The fraction of sp³-hybridized carbons (Fsp3) is 0.118. The molecule has 0 N–H and O–H groups in total. The van der Waals surface area contributed by atoms with Crippen LogP contribution < -0.4 is 4.74 Å². The first-order valence-electron chi connectivity index (χ1n) is 6.62. The summed E-state index contributed by atoms with van der Waals surface area (Å²) in [6.45, 7) is 0. The van der Waals surface area contributed by atoms with Crippen LogP contribution in [0.4, 0.5) is 13.2 Å². The minimum Gasteiger partial charge on any atom is -0.405 e. The van der Waals surface area contributed by atoms with Crippen molar-refractivity contribution in [2.45, 2.75) is 12.8 Å². The lowest BCUT2D eigenvalue weighted by molar-refractivity contribution is -0.274. The molecule has 0 atom stereocenters. The maximum atomic E-state index is 12.4. The lowest BCUT2D eigenvalue weighted by Gasteiger charge is -2.11. The quantitative estimate of drug-likeness (QED) is 0.768. The van der Waals surface area contributed by atoms with Crippen LogP contribution in [0.5, 0.6) is 5.75 Å². The van der Waals surface area contributed by atoms with Gasteiger partial charge in [0.15, 0.2) is 5.78 Å². The van der Waals surface area contributed by atoms with Crippen LogP contribution in [0.15, 0.2) is 54.1 Å². The smallest absolute Gasteiger partial charge is 0.405 e. The van der Waals surface area contributed by atoms with E-state index < -0.39 is 6.36 Å². The number of carbonyl (C=O) groups is 1. The van der Waals surface area contributed by atoms with Crippen molar-refractivity contribution in [2.24, 2.45) is 0 Å². The SMILES string of the molecule is O=C1C(=Cc2ccccc2OC(F)(F)F)Cc2ccccc21. The van der Waals surface area contributed by atoms with Crippen molar-refractivity contribution in [1.82, 2.24) is 0 Å². The summed E-state index contributed by atoms with van der Waals surface area (Å²) in [4.78, 5) is 12.3. The third-order valence-corrected chi connectivity index (χ3v) is 3.41. The number of hydrogen-bond acceptors (Lipinski definition) is 2. The topological polar surface area (TPSA) is 26.3 Å². The van der Waals surface area contributed by atoms with Gasteiger partial charge < -0.3 is 4.74 Å². The van der Waals surface area contributed by atoms with Crippen LogP contribution in [-0.2, 0) is 6.42 Å². The van der Waals surface area contributed by atoms with Gasteiger partial charge in [-0.25, -0.2) is 0 Å². The van der Waals surface area contributed by atoms with Crippen LogP contribution >= 0.6 is 0 Å². The molecule has 112 valence electrons. The maximum absolute atomic E-state index is 12.4. The zero-order valence-corrected chi connectivity index (χ0v) is 11.4. The standard InChI is InChI=1S/C17H11F3O2/c18-17(19,20)22-15-8-4-2-6-12(15)10-13-9-11-5-1-3-7-14(11)16(13)21/h1-8,10H,9H2. The first-order valence-corrected chi connectivity index (χ1v) is 6.62. The summed E-state index contributed by atoms with van der Waals surface area (Å²) in [5, 5.41) is 0. The van der Waals surface area contributed by atoms with E-state index >= 15 is 0 Å². The molecule has 0 heterocycles. The largest absolute Gasteiger partial charge is 0.573 e. The summed E-state index contributed by atoms with van der Waals surface area (Å²) in [6.07, 6.45) is -2.89. The fourth-order valence-corrected chi connectivity index (χ4v) is 2.48. The van der Waals surface area contributed by atoms with E-state index in [9.17, 15) is 18.0 Å². The summed E-state index contributed by atoms with van der Waals surface area (Å²) in [5.74, 6) is -0.469. The molecule has 0 spiro atoms. The van der Waals surface area contributed by atoms with Gasteiger partial charge in [-0.2, -0.15) is 0 Å². The number of ether oxygens (including phenoxy) is 1. The Morgan fingerprint density at radius 3 is 2.41 bits per heavy atom. The summed E-state index contributed by atoms with van der Waals surface area (Å²) in [5.41, 5.74) is 2.17. The molecule has 1 aliphatic carbocycles. The van der Waals surface area contributed by atoms with Crippen LogP contribution in [-0.4, -0.2) is 12.1 Å². The number of ketones is 1. The Labute approximate surface area is 124 Å². The number of Topliss-reactive ketones (excluding diaryl/α,β-unsaturated/α-hetero) is 1. The van der Waals surface area contributed by atoms with Crippen molar-refractivity contribution in [3.05, 3.63) is 70.8 Å². The highest BCUT2D eigenvalue weighted by Gasteiger charge is 2.32. The van der Waals surface area contributed by atoms with Gasteiger partial charge in [-0.15, -0.1) is 13.2 Å². The highest BCUT2D eigenvalue weighted by atomic mass is 19.4. The van der Waals surface area contributed by atoms with E-state index in [1.807, 2.05) is 12.1 Å². The monoisotopic (exact) mass is 304 g/mol. The Morgan fingerprint density at radius 2 is 1.68 bits per heavy atom. The van der Waals surface area contributed by atoms with Gasteiger partial charge in [-0.3, -0.25) is 4.79 Å². The second-order valence-corrected chi connectivity index (χ2v) is 4.92. The molecule has 2 nitrogen and oxygen atoms in total. The van der Waals surface area contributed by atoms with Crippen molar-refractivity contribution in [3.8, 4) is 5.75 Å². The molecule has 0 fully saturated rings. The maximum Gasteiger partial charge on any atom is 0.573 e. The molecule has 22 heavy (non-hydrogen) atoms. The zero-order chi connectivity index (χ0) is 15.7. The lowest BCUT2D eigenvalue weighted by Crippen LogP contribution is -2.17. The summed E-state index contributed by atoms with van der Waals surface area (Å²) in [7, 11) is 0. The van der Waals surface area contributed by atoms with Crippen LogP contribution in [0.2, 0.25) is 0 Å². The van der Waals surface area contributed by atoms with Gasteiger partial charge in [0.25, 0.3) is 0 Å². The molecule has 1 aliphatic rings. The Hall–Kier alpha value is -2.56. The Morgan fingerprint density at radius 1 is 1.00 bits per heavy atom. The highest BCUT2D eigenvalue weighted by molar-refractivity contribution is 6.15. The number of rotatable bonds is 2. The van der Waals surface area contributed by atoms with E-state index in [4.69, 9.17) is 0 Å². The number of benzene rings is 2. The van der Waals surface area contributed by atoms with Crippen molar-refractivity contribution >= 4 is 11.9 Å². The molecular weight excluding hydrogens is 293 g/mol. The average molecular weight is 304 g/mol. The van der Waals surface area contributed by atoms with E-state index in [0.29, 0.717) is 17.6 Å². The van der Waals surface area contributed by atoms with Crippen LogP contribution in [0.3, 0.4) is 0 Å². The number of halogens is 3. The van der Waals surface area contributed by atoms with E-state index in [0.717, 1.165) is 5.56 Å². The van der Waals surface area contributed by atoms with Crippen molar-refractivity contribution in [1.29, 1.82) is 0 Å². The van der Waals surface area contributed by atoms with Gasteiger partial charge in [0.05, 0.1) is 0 Å². The molecule has 0 saturated carbocycles. The Balaban J connectivity index is 1.96. The fourth-order valence-electron chi connectivity index (χ4n) is 2.48. The first-order chi connectivity index (χ1) is 10.4. The number of carbonyl (C=O) groups excluding carboxylic acids is 1. The van der Waals surface area contributed by atoms with Crippen LogP contribution in [0, 0.1) is 0 Å². The van der Waals surface area contributed by atoms with E-state index in [-0.39, 0.29) is 17.1 Å². The molecule has 0 aromatic heterocycles. The number of para-hydroxylation sites is 1. The molecule has 5 heteroatoms. The third-order valence-electron chi connectivity index (χ3n) is 3.41. The molecule has 0 amide bonds. The van der Waals surface area contributed by atoms with Gasteiger partial charge in [-0.05, 0) is 17.7 Å². The predicted octanol–water partition coefficient (Wildman–Crippen LogP) is 4.41. The number of alkyl halides is 3. The van der Waals surface area contributed by atoms with Gasteiger partial charge in [0, 0.05) is 23.1 Å². The Kier molecular flexibility index (Phi) is 3.48. The molecule has 0 aliphatic heterocycles. The third kappa shape index (κ3) is 2.88. The summed E-state index contributed by atoms with van der Waals surface area (Å²) in [6, 6.07) is 12.9. The molecule has 0 unspecified atom stereocenters. The minimum atomic E-state index is -4.77. The highest BCUT2D eigenvalue weighted by Crippen LogP contribution is 2.31. The second-order valence-electron chi connectivity index (χ2n) is 4.92. The molecular formula is C17H11F3O2. The van der Waals surface area contributed by atoms with Crippen LogP contribution in [0.1, 0.15) is 21.5 Å². The predicted molar refractivity (Wildman–Crippen MR) is 75.6 cm³/mol. The average Bonchev–Trinajstić information content (AvgIpc) is 2.77. The second kappa shape index (κ2) is 5.33.